The first-order valence-electron chi connectivity index (χ1n) is 6.00. The number of rotatable bonds is 5. The number of nitrogens with zero attached hydrogens (tertiary/aromatic N) is 1. The van der Waals surface area contributed by atoms with Crippen LogP contribution < -0.4 is 10.1 Å². The van der Waals surface area contributed by atoms with E-state index in [1.165, 1.54) is 13.2 Å². The van der Waals surface area contributed by atoms with E-state index in [-0.39, 0.29) is 11.4 Å². The van der Waals surface area contributed by atoms with Gasteiger partial charge in [-0.1, -0.05) is 6.07 Å². The van der Waals surface area contributed by atoms with Gasteiger partial charge in [0.1, 0.15) is 16.6 Å². The molecule has 5 heteroatoms. The summed E-state index contributed by atoms with van der Waals surface area (Å²) in [5.41, 5.74) is 0.339. The molecular weight excluding hydrogens is 263 g/mol. The molecule has 1 N–H and O–H groups in total. The zero-order valence-corrected chi connectivity index (χ0v) is 12.1. The molecule has 0 spiro atoms. The highest BCUT2D eigenvalue weighted by molar-refractivity contribution is 7.09. The first-order valence-corrected chi connectivity index (χ1v) is 6.88. The maximum Gasteiger partial charge on any atom is 0.131 e. The van der Waals surface area contributed by atoms with Gasteiger partial charge < -0.3 is 10.1 Å². The Bertz CT molecular complexity index is 540. The van der Waals surface area contributed by atoms with Gasteiger partial charge in [0.25, 0.3) is 0 Å². The largest absolute Gasteiger partial charge is 0.497 e. The van der Waals surface area contributed by atoms with Crippen LogP contribution in [-0.4, -0.2) is 12.1 Å². The number of halogens is 1. The molecule has 2 rings (SSSR count). The molecule has 0 saturated carbocycles. The minimum Gasteiger partial charge on any atom is -0.497 e. The third-order valence-corrected chi connectivity index (χ3v) is 4.04. The molecule has 0 atom stereocenters. The number of benzene rings is 1. The maximum atomic E-state index is 13.8. The van der Waals surface area contributed by atoms with Crippen LogP contribution >= 0.6 is 11.3 Å². The van der Waals surface area contributed by atoms with Gasteiger partial charge in [0, 0.05) is 29.8 Å². The lowest BCUT2D eigenvalue weighted by atomic mass is 10.1. The fourth-order valence-electron chi connectivity index (χ4n) is 1.72. The van der Waals surface area contributed by atoms with Crippen molar-refractivity contribution < 1.29 is 9.13 Å². The lowest BCUT2D eigenvalue weighted by Gasteiger charge is -2.24. The van der Waals surface area contributed by atoms with Gasteiger partial charge in [-0.25, -0.2) is 9.37 Å². The topological polar surface area (TPSA) is 34.1 Å². The molecule has 0 unspecified atom stereocenters. The van der Waals surface area contributed by atoms with Crippen molar-refractivity contribution in [2.45, 2.75) is 25.9 Å². The number of thiazole rings is 1. The normalized spacial score (nSPS) is 11.6. The fourth-order valence-corrected chi connectivity index (χ4v) is 2.46. The summed E-state index contributed by atoms with van der Waals surface area (Å²) in [4.78, 5) is 4.29. The Hall–Kier alpha value is -1.46. The van der Waals surface area contributed by atoms with Crippen molar-refractivity contribution in [2.24, 2.45) is 0 Å². The average Bonchev–Trinajstić information content (AvgIpc) is 2.92. The van der Waals surface area contributed by atoms with Crippen LogP contribution in [0.3, 0.4) is 0 Å². The summed E-state index contributed by atoms with van der Waals surface area (Å²) in [6, 6.07) is 4.89. The first kappa shape index (κ1) is 14.0. The number of hydrogen-bond acceptors (Lipinski definition) is 4. The molecule has 1 aromatic carbocycles. The molecule has 102 valence electrons. The van der Waals surface area contributed by atoms with Crippen LogP contribution in [0.5, 0.6) is 5.75 Å². The predicted molar refractivity (Wildman–Crippen MR) is 74.9 cm³/mol. The van der Waals surface area contributed by atoms with E-state index in [0.717, 1.165) is 5.01 Å². The van der Waals surface area contributed by atoms with E-state index < -0.39 is 0 Å². The van der Waals surface area contributed by atoms with Crippen LogP contribution in [-0.2, 0) is 12.1 Å². The Morgan fingerprint density at radius 1 is 1.42 bits per heavy atom. The van der Waals surface area contributed by atoms with E-state index in [0.29, 0.717) is 17.9 Å². The Labute approximate surface area is 116 Å². The Morgan fingerprint density at radius 2 is 2.21 bits per heavy atom. The van der Waals surface area contributed by atoms with Crippen molar-refractivity contribution in [1.29, 1.82) is 0 Å². The van der Waals surface area contributed by atoms with Gasteiger partial charge in [0.15, 0.2) is 0 Å². The molecule has 0 aliphatic rings. The summed E-state index contributed by atoms with van der Waals surface area (Å²) in [6.45, 7) is 4.52. The number of methoxy groups -OCH3 is 1. The third kappa shape index (κ3) is 3.30. The molecule has 0 aliphatic carbocycles. The molecule has 0 radical (unpaired) electrons. The van der Waals surface area contributed by atoms with E-state index >= 15 is 0 Å². The average molecular weight is 280 g/mol. The standard InChI is InChI=1S/C14H17FN2OS/c1-14(2,13-16-6-7-19-13)17-9-10-4-5-11(18-3)8-12(10)15/h4-8,17H,9H2,1-3H3. The van der Waals surface area contributed by atoms with Crippen LogP contribution in [0.2, 0.25) is 0 Å². The molecule has 1 heterocycles. The molecule has 0 saturated heterocycles. The second-order valence-corrected chi connectivity index (χ2v) is 5.67. The van der Waals surface area contributed by atoms with Gasteiger partial charge in [0.2, 0.25) is 0 Å². The fraction of sp³-hybridized carbons (Fsp3) is 0.357. The SMILES string of the molecule is COc1ccc(CNC(C)(C)c2nccs2)c(F)c1. The zero-order valence-electron chi connectivity index (χ0n) is 11.2. The van der Waals surface area contributed by atoms with Gasteiger partial charge in [-0.05, 0) is 19.9 Å². The van der Waals surface area contributed by atoms with Crippen molar-refractivity contribution in [3.63, 3.8) is 0 Å². The molecular formula is C14H17FN2OS. The van der Waals surface area contributed by atoms with Crippen LogP contribution in [0.15, 0.2) is 29.8 Å². The smallest absolute Gasteiger partial charge is 0.131 e. The maximum absolute atomic E-state index is 13.8. The van der Waals surface area contributed by atoms with Crippen LogP contribution in [0.25, 0.3) is 0 Å². The second kappa shape index (κ2) is 5.67. The molecule has 2 aromatic rings. The zero-order chi connectivity index (χ0) is 13.9. The third-order valence-electron chi connectivity index (χ3n) is 2.95. The molecule has 1 aromatic heterocycles. The number of aromatic nitrogens is 1. The van der Waals surface area contributed by atoms with Crippen LogP contribution in [0, 0.1) is 5.82 Å². The quantitative estimate of drug-likeness (QED) is 0.912. The second-order valence-electron chi connectivity index (χ2n) is 4.77. The van der Waals surface area contributed by atoms with Gasteiger partial charge >= 0.3 is 0 Å². The summed E-state index contributed by atoms with van der Waals surface area (Å²) in [5, 5.41) is 6.25. The van der Waals surface area contributed by atoms with Crippen molar-refractivity contribution in [3.8, 4) is 5.75 Å². The highest BCUT2D eigenvalue weighted by Gasteiger charge is 2.22. The van der Waals surface area contributed by atoms with Crippen molar-refractivity contribution in [2.75, 3.05) is 7.11 Å². The Kier molecular flexibility index (Phi) is 4.17. The van der Waals surface area contributed by atoms with E-state index in [1.54, 1.807) is 29.7 Å². The minimum absolute atomic E-state index is 0.262. The summed E-state index contributed by atoms with van der Waals surface area (Å²) in [7, 11) is 1.53. The van der Waals surface area contributed by atoms with Gasteiger partial charge in [-0.15, -0.1) is 11.3 Å². The molecule has 19 heavy (non-hydrogen) atoms. The van der Waals surface area contributed by atoms with Crippen molar-refractivity contribution >= 4 is 11.3 Å². The molecule has 0 bridgehead atoms. The number of hydrogen-bond donors (Lipinski definition) is 1. The minimum atomic E-state index is -0.277. The van der Waals surface area contributed by atoms with E-state index in [1.807, 2.05) is 19.2 Å². The number of nitrogens with one attached hydrogen (secondary N) is 1. The van der Waals surface area contributed by atoms with E-state index in [2.05, 4.69) is 10.3 Å². The van der Waals surface area contributed by atoms with Crippen molar-refractivity contribution in [1.82, 2.24) is 10.3 Å². The van der Waals surface area contributed by atoms with Gasteiger partial charge in [-0.2, -0.15) is 0 Å². The molecule has 3 nitrogen and oxygen atoms in total. The predicted octanol–water partition coefficient (Wildman–Crippen LogP) is 3.32. The lowest BCUT2D eigenvalue weighted by molar-refractivity contribution is 0.391. The highest BCUT2D eigenvalue weighted by Crippen LogP contribution is 2.23. The van der Waals surface area contributed by atoms with E-state index in [9.17, 15) is 4.39 Å². The highest BCUT2D eigenvalue weighted by atomic mass is 32.1. The molecule has 0 aliphatic heterocycles. The van der Waals surface area contributed by atoms with Crippen LogP contribution in [0.1, 0.15) is 24.4 Å². The molecule has 0 amide bonds. The van der Waals surface area contributed by atoms with E-state index in [4.69, 9.17) is 4.74 Å². The van der Waals surface area contributed by atoms with Crippen molar-refractivity contribution in [3.05, 3.63) is 46.2 Å². The van der Waals surface area contributed by atoms with Crippen LogP contribution in [0.4, 0.5) is 4.39 Å². The Balaban J connectivity index is 2.06. The Morgan fingerprint density at radius 3 is 2.79 bits per heavy atom. The lowest BCUT2D eigenvalue weighted by Crippen LogP contribution is -2.36. The molecule has 0 fully saturated rings. The monoisotopic (exact) mass is 280 g/mol. The van der Waals surface area contributed by atoms with Gasteiger partial charge in [-0.3, -0.25) is 0 Å². The summed E-state index contributed by atoms with van der Waals surface area (Å²) in [6.07, 6.45) is 1.78. The summed E-state index contributed by atoms with van der Waals surface area (Å²) < 4.78 is 18.8. The number of ether oxygens (including phenoxy) is 1. The summed E-state index contributed by atoms with van der Waals surface area (Å²) >= 11 is 1.59. The van der Waals surface area contributed by atoms with Gasteiger partial charge in [0.05, 0.1) is 12.6 Å². The summed E-state index contributed by atoms with van der Waals surface area (Å²) in [5.74, 6) is 0.266. The first-order chi connectivity index (χ1) is 9.03.